The molecule has 0 amide bonds. The molecule has 0 aliphatic heterocycles. The van der Waals surface area contributed by atoms with Gasteiger partial charge in [-0.05, 0) is 80.1 Å². The molecule has 0 radical (unpaired) electrons. The third-order valence-corrected chi connectivity index (χ3v) is 8.14. The van der Waals surface area contributed by atoms with Crippen molar-refractivity contribution < 1.29 is 37.3 Å². The van der Waals surface area contributed by atoms with E-state index in [1.165, 1.54) is 0 Å². The maximum Gasteiger partial charge on any atom is 0.530 e. The minimum absolute atomic E-state index is 0.313. The Morgan fingerprint density at radius 3 is 1.35 bits per heavy atom. The van der Waals surface area contributed by atoms with Gasteiger partial charge in [-0.25, -0.2) is 4.79 Å². The number of para-hydroxylation sites is 2. The summed E-state index contributed by atoms with van der Waals surface area (Å²) in [5, 5.41) is 0. The van der Waals surface area contributed by atoms with Gasteiger partial charge in [-0.1, -0.05) is 77.9 Å². The summed E-state index contributed by atoms with van der Waals surface area (Å²) in [6, 6.07) is 26.2. The van der Waals surface area contributed by atoms with Crippen molar-refractivity contribution in [1.82, 2.24) is 0 Å². The van der Waals surface area contributed by atoms with E-state index in [1.54, 1.807) is 35.0 Å². The van der Waals surface area contributed by atoms with E-state index in [1.807, 2.05) is 106 Å². The molecule has 4 aromatic carbocycles. The second kappa shape index (κ2) is 14.8. The summed E-state index contributed by atoms with van der Waals surface area (Å²) in [4.78, 5) is 13.3. The smallest absolute Gasteiger partial charge is 0.497 e. The zero-order chi connectivity index (χ0) is 35.3. The van der Waals surface area contributed by atoms with Gasteiger partial charge in [-0.15, -0.1) is 0 Å². The van der Waals surface area contributed by atoms with Gasteiger partial charge in [0.2, 0.25) is 0 Å². The molecule has 0 unspecified atom stereocenters. The molecule has 0 aliphatic rings. The number of methoxy groups -OCH3 is 2. The molecule has 0 atom stereocenters. The van der Waals surface area contributed by atoms with Gasteiger partial charge >= 0.3 is 14.8 Å². The van der Waals surface area contributed by atoms with Crippen LogP contribution in [0.4, 0.5) is 4.79 Å². The topological polar surface area (TPSA) is 81.7 Å². The summed E-state index contributed by atoms with van der Waals surface area (Å²) in [5.41, 5.74) is 1.01. The highest BCUT2D eigenvalue weighted by atomic mass is 31.2. The van der Waals surface area contributed by atoms with Crippen LogP contribution in [0.1, 0.15) is 73.4 Å². The van der Waals surface area contributed by atoms with Crippen molar-refractivity contribution in [3.05, 3.63) is 96.1 Å². The number of hydrogen-bond donors (Lipinski definition) is 0. The Labute approximate surface area is 286 Å². The molecule has 256 valence electrons. The molecule has 48 heavy (non-hydrogen) atoms. The van der Waals surface area contributed by atoms with Crippen molar-refractivity contribution in [2.75, 3.05) is 14.2 Å². The predicted octanol–water partition coefficient (Wildman–Crippen LogP) is 11.0. The third kappa shape index (κ3) is 9.57. The summed E-state index contributed by atoms with van der Waals surface area (Å²) in [5.74, 6) is 3.11. The highest BCUT2D eigenvalue weighted by Crippen LogP contribution is 2.53. The standard InChI is InChI=1S/C39H47O8P/c1-37(2,3)32-24-28(41-10)22-30(34(32)43-36(40)44-39(7,8)9)31-23-29(42-11)25-33(38(4,5)6)35(31)47-48(45-26-18-14-12-15-19-26)46-27-20-16-13-17-21-27/h12-25H,1-11H3. The lowest BCUT2D eigenvalue weighted by Gasteiger charge is -2.30. The van der Waals surface area contributed by atoms with Crippen LogP contribution < -0.4 is 27.8 Å². The van der Waals surface area contributed by atoms with Crippen molar-refractivity contribution >= 4 is 14.8 Å². The van der Waals surface area contributed by atoms with E-state index in [0.29, 0.717) is 45.6 Å². The van der Waals surface area contributed by atoms with Crippen LogP contribution in [0.3, 0.4) is 0 Å². The Bertz CT molecular complexity index is 1640. The van der Waals surface area contributed by atoms with E-state index < -0.39 is 31.2 Å². The molecule has 0 spiro atoms. The molecular formula is C39H47O8P. The van der Waals surface area contributed by atoms with Crippen LogP contribution in [0, 0.1) is 0 Å². The van der Waals surface area contributed by atoms with Gasteiger partial charge in [0.1, 0.15) is 40.1 Å². The van der Waals surface area contributed by atoms with Gasteiger partial charge in [0.25, 0.3) is 0 Å². The van der Waals surface area contributed by atoms with E-state index in [0.717, 1.165) is 11.1 Å². The number of carbonyl (C=O) groups excluding carboxylic acids is 1. The molecular weight excluding hydrogens is 627 g/mol. The Kier molecular flexibility index (Phi) is 11.2. The van der Waals surface area contributed by atoms with Gasteiger partial charge in [-0.2, -0.15) is 0 Å². The fraction of sp³-hybridized carbons (Fsp3) is 0.359. The molecule has 0 aliphatic carbocycles. The van der Waals surface area contributed by atoms with Crippen LogP contribution in [0.5, 0.6) is 34.5 Å². The highest BCUT2D eigenvalue weighted by molar-refractivity contribution is 7.43. The largest absolute Gasteiger partial charge is 0.530 e. The molecule has 0 bridgehead atoms. The van der Waals surface area contributed by atoms with Crippen molar-refractivity contribution in [3.63, 3.8) is 0 Å². The van der Waals surface area contributed by atoms with E-state index in [9.17, 15) is 4.79 Å². The lowest BCUT2D eigenvalue weighted by atomic mass is 9.81. The van der Waals surface area contributed by atoms with Gasteiger partial charge in [0.15, 0.2) is 0 Å². The average molecular weight is 675 g/mol. The monoisotopic (exact) mass is 674 g/mol. The lowest BCUT2D eigenvalue weighted by molar-refractivity contribution is 0.0204. The summed E-state index contributed by atoms with van der Waals surface area (Å²) in [6.07, 6.45) is -0.831. The number of benzene rings is 4. The summed E-state index contributed by atoms with van der Waals surface area (Å²) in [6.45, 7) is 17.7. The number of hydrogen-bond acceptors (Lipinski definition) is 8. The first kappa shape index (κ1) is 36.4. The first-order chi connectivity index (χ1) is 22.5. The third-order valence-electron chi connectivity index (χ3n) is 7.09. The minimum Gasteiger partial charge on any atom is -0.497 e. The van der Waals surface area contributed by atoms with Gasteiger partial charge in [0, 0.05) is 22.3 Å². The molecule has 8 nitrogen and oxygen atoms in total. The summed E-state index contributed by atoms with van der Waals surface area (Å²) >= 11 is 0. The Morgan fingerprint density at radius 1 is 0.542 bits per heavy atom. The predicted molar refractivity (Wildman–Crippen MR) is 191 cm³/mol. The second-order valence-corrected chi connectivity index (χ2v) is 15.3. The second-order valence-electron chi connectivity index (χ2n) is 14.3. The summed E-state index contributed by atoms with van der Waals surface area (Å²) < 4.78 is 43.0. The molecule has 0 aromatic heterocycles. The summed E-state index contributed by atoms with van der Waals surface area (Å²) in [7, 11) is 1.15. The minimum atomic E-state index is -2.06. The van der Waals surface area contributed by atoms with Crippen LogP contribution in [-0.4, -0.2) is 26.0 Å². The van der Waals surface area contributed by atoms with Crippen LogP contribution in [0.15, 0.2) is 84.9 Å². The Hall–Kier alpha value is -4.42. The Balaban J connectivity index is 2.02. The van der Waals surface area contributed by atoms with Crippen molar-refractivity contribution in [2.24, 2.45) is 0 Å². The molecule has 9 heteroatoms. The highest BCUT2D eigenvalue weighted by Gasteiger charge is 2.33. The molecule has 0 saturated carbocycles. The lowest BCUT2D eigenvalue weighted by Crippen LogP contribution is -2.27. The average Bonchev–Trinajstić information content (AvgIpc) is 3.00. The van der Waals surface area contributed by atoms with Gasteiger partial charge in [0.05, 0.1) is 14.2 Å². The first-order valence-electron chi connectivity index (χ1n) is 15.8. The van der Waals surface area contributed by atoms with Crippen LogP contribution in [0.25, 0.3) is 11.1 Å². The Morgan fingerprint density at radius 2 is 0.958 bits per heavy atom. The van der Waals surface area contributed by atoms with Crippen LogP contribution >= 0.6 is 8.60 Å². The molecule has 0 saturated heterocycles. The number of carbonyl (C=O) groups is 1. The van der Waals surface area contributed by atoms with Crippen LogP contribution in [0.2, 0.25) is 0 Å². The maximum atomic E-state index is 13.3. The fourth-order valence-corrected chi connectivity index (χ4v) is 5.83. The number of rotatable bonds is 10. The van der Waals surface area contributed by atoms with Gasteiger partial charge in [-0.3, -0.25) is 0 Å². The van der Waals surface area contributed by atoms with Crippen LogP contribution in [-0.2, 0) is 15.6 Å². The quantitative estimate of drug-likeness (QED) is 0.0934. The fourth-order valence-electron chi connectivity index (χ4n) is 4.78. The SMILES string of the molecule is COc1cc(-c2cc(OC)cc(C(C)(C)C)c2OP(Oc2ccccc2)Oc2ccccc2)c(OC(=O)OC(C)(C)C)c(C(C)(C)C)c1. The molecule has 0 fully saturated rings. The molecule has 0 N–H and O–H groups in total. The van der Waals surface area contributed by atoms with Gasteiger partial charge < -0.3 is 32.5 Å². The van der Waals surface area contributed by atoms with Crippen molar-refractivity contribution in [3.8, 4) is 45.6 Å². The number of ether oxygens (including phenoxy) is 4. The normalized spacial score (nSPS) is 11.9. The first-order valence-corrected chi connectivity index (χ1v) is 16.9. The van der Waals surface area contributed by atoms with E-state index in [2.05, 4.69) is 20.8 Å². The van der Waals surface area contributed by atoms with Crippen molar-refractivity contribution in [1.29, 1.82) is 0 Å². The van der Waals surface area contributed by atoms with E-state index in [4.69, 9.17) is 32.5 Å². The molecule has 4 rings (SSSR count). The molecule has 4 aromatic rings. The zero-order valence-electron chi connectivity index (χ0n) is 29.8. The van der Waals surface area contributed by atoms with E-state index >= 15 is 0 Å². The zero-order valence-corrected chi connectivity index (χ0v) is 30.7. The maximum absolute atomic E-state index is 13.3. The van der Waals surface area contributed by atoms with Crippen molar-refractivity contribution in [2.45, 2.75) is 78.7 Å². The van der Waals surface area contributed by atoms with E-state index in [-0.39, 0.29) is 0 Å². The molecule has 0 heterocycles.